The van der Waals surface area contributed by atoms with Gasteiger partial charge < -0.3 is 15.4 Å². The topological polar surface area (TPSA) is 55.6 Å². The molecule has 1 fully saturated rings. The van der Waals surface area contributed by atoms with Crippen molar-refractivity contribution in [1.29, 1.82) is 0 Å². The molecule has 4 heteroatoms. The molecule has 0 saturated carbocycles. The highest BCUT2D eigenvalue weighted by molar-refractivity contribution is 5.78. The third-order valence-corrected chi connectivity index (χ3v) is 3.46. The van der Waals surface area contributed by atoms with E-state index in [-0.39, 0.29) is 12.0 Å². The summed E-state index contributed by atoms with van der Waals surface area (Å²) in [4.78, 5) is 14.3. The maximum atomic E-state index is 12.3. The molecule has 0 aliphatic carbocycles. The minimum absolute atomic E-state index is 0.0244. The molecule has 0 aromatic carbocycles. The number of hydrogen-bond donors (Lipinski definition) is 1. The number of carbonyl (C=O) groups excluding carboxylic acids is 1. The van der Waals surface area contributed by atoms with E-state index in [1.54, 1.807) is 0 Å². The molecule has 1 rings (SSSR count). The van der Waals surface area contributed by atoms with E-state index in [2.05, 4.69) is 13.8 Å². The lowest BCUT2D eigenvalue weighted by Gasteiger charge is -2.34. The number of morpholine rings is 1. The normalized spacial score (nSPS) is 22.5. The predicted octanol–water partition coefficient (Wildman–Crippen LogP) is 1.39. The van der Waals surface area contributed by atoms with Gasteiger partial charge in [-0.3, -0.25) is 4.79 Å². The molecule has 2 unspecified atom stereocenters. The van der Waals surface area contributed by atoms with Crippen LogP contribution in [0.3, 0.4) is 0 Å². The highest BCUT2D eigenvalue weighted by Crippen LogP contribution is 2.17. The number of ether oxygens (including phenoxy) is 1. The molecule has 0 bridgehead atoms. The van der Waals surface area contributed by atoms with Crippen molar-refractivity contribution < 1.29 is 9.53 Å². The van der Waals surface area contributed by atoms with Crippen molar-refractivity contribution in [2.75, 3.05) is 26.2 Å². The smallest absolute Gasteiger partial charge is 0.225 e. The molecule has 2 atom stereocenters. The van der Waals surface area contributed by atoms with Gasteiger partial charge in [0, 0.05) is 25.6 Å². The molecule has 1 aliphatic rings. The summed E-state index contributed by atoms with van der Waals surface area (Å²) in [5, 5.41) is 0. The molecule has 17 heavy (non-hydrogen) atoms. The fourth-order valence-electron chi connectivity index (χ4n) is 2.27. The van der Waals surface area contributed by atoms with Crippen LogP contribution in [-0.2, 0) is 9.53 Å². The van der Waals surface area contributed by atoms with Crippen LogP contribution in [0.4, 0.5) is 0 Å². The summed E-state index contributed by atoms with van der Waals surface area (Å²) in [5.74, 6) is 0.481. The number of nitrogens with zero attached hydrogens (tertiary/aromatic N) is 1. The zero-order valence-electron chi connectivity index (χ0n) is 11.2. The highest BCUT2D eigenvalue weighted by Gasteiger charge is 2.27. The average Bonchev–Trinajstić information content (AvgIpc) is 2.39. The number of nitrogens with two attached hydrogens (primary N) is 1. The van der Waals surface area contributed by atoms with Gasteiger partial charge >= 0.3 is 0 Å². The Kier molecular flexibility index (Phi) is 6.52. The molecule has 1 heterocycles. The van der Waals surface area contributed by atoms with Gasteiger partial charge in [-0.05, 0) is 12.8 Å². The Morgan fingerprint density at radius 1 is 1.53 bits per heavy atom. The van der Waals surface area contributed by atoms with Crippen LogP contribution in [0, 0.1) is 5.92 Å². The zero-order valence-corrected chi connectivity index (χ0v) is 11.2. The van der Waals surface area contributed by atoms with Crippen molar-refractivity contribution in [3.63, 3.8) is 0 Å². The Morgan fingerprint density at radius 3 is 2.88 bits per heavy atom. The Balaban J connectivity index is 2.48. The Hall–Kier alpha value is -0.610. The van der Waals surface area contributed by atoms with Crippen molar-refractivity contribution in [3.05, 3.63) is 0 Å². The van der Waals surface area contributed by atoms with Crippen LogP contribution in [0.1, 0.15) is 39.5 Å². The van der Waals surface area contributed by atoms with Gasteiger partial charge in [-0.25, -0.2) is 0 Å². The average molecular weight is 242 g/mol. The quantitative estimate of drug-likeness (QED) is 0.765. The maximum Gasteiger partial charge on any atom is 0.225 e. The molecule has 4 nitrogen and oxygen atoms in total. The van der Waals surface area contributed by atoms with E-state index in [0.717, 1.165) is 32.2 Å². The summed E-state index contributed by atoms with van der Waals surface area (Å²) in [6.07, 6.45) is 4.25. The fourth-order valence-corrected chi connectivity index (χ4v) is 2.27. The summed E-state index contributed by atoms with van der Waals surface area (Å²) >= 11 is 0. The first-order valence-corrected chi connectivity index (χ1v) is 6.83. The van der Waals surface area contributed by atoms with Crippen LogP contribution in [0.2, 0.25) is 0 Å². The second-order valence-corrected chi connectivity index (χ2v) is 4.76. The molecule has 1 amide bonds. The monoisotopic (exact) mass is 242 g/mol. The van der Waals surface area contributed by atoms with Crippen LogP contribution >= 0.6 is 0 Å². The number of rotatable bonds is 6. The minimum Gasteiger partial charge on any atom is -0.373 e. The van der Waals surface area contributed by atoms with Crippen molar-refractivity contribution in [1.82, 2.24) is 4.90 Å². The molecular formula is C13H26N2O2. The number of amides is 1. The molecule has 0 spiro atoms. The van der Waals surface area contributed by atoms with E-state index < -0.39 is 0 Å². The second-order valence-electron chi connectivity index (χ2n) is 4.76. The molecular weight excluding hydrogens is 216 g/mol. The van der Waals surface area contributed by atoms with E-state index in [1.165, 1.54) is 0 Å². The van der Waals surface area contributed by atoms with Gasteiger partial charge in [0.05, 0.1) is 12.7 Å². The van der Waals surface area contributed by atoms with Gasteiger partial charge in [0.15, 0.2) is 0 Å². The third-order valence-electron chi connectivity index (χ3n) is 3.46. The summed E-state index contributed by atoms with van der Waals surface area (Å²) in [6, 6.07) is 0. The van der Waals surface area contributed by atoms with Crippen molar-refractivity contribution in [3.8, 4) is 0 Å². The van der Waals surface area contributed by atoms with Crippen LogP contribution in [0.25, 0.3) is 0 Å². The zero-order chi connectivity index (χ0) is 12.7. The van der Waals surface area contributed by atoms with Crippen molar-refractivity contribution in [2.45, 2.75) is 45.6 Å². The maximum absolute atomic E-state index is 12.3. The first-order valence-electron chi connectivity index (χ1n) is 6.83. The molecule has 1 saturated heterocycles. The number of hydrogen-bond acceptors (Lipinski definition) is 3. The van der Waals surface area contributed by atoms with Crippen molar-refractivity contribution in [2.24, 2.45) is 11.7 Å². The molecule has 100 valence electrons. The number of unbranched alkanes of at least 4 members (excludes halogenated alkanes) is 1. The Morgan fingerprint density at radius 2 is 2.29 bits per heavy atom. The lowest BCUT2D eigenvalue weighted by molar-refractivity contribution is -0.143. The molecule has 0 aromatic rings. The lowest BCUT2D eigenvalue weighted by atomic mass is 9.97. The fraction of sp³-hybridized carbons (Fsp3) is 0.923. The summed E-state index contributed by atoms with van der Waals surface area (Å²) in [5.41, 5.74) is 5.59. The molecule has 1 aliphatic heterocycles. The van der Waals surface area contributed by atoms with Crippen LogP contribution in [0.5, 0.6) is 0 Å². The van der Waals surface area contributed by atoms with E-state index >= 15 is 0 Å². The minimum atomic E-state index is 0.0244. The summed E-state index contributed by atoms with van der Waals surface area (Å²) < 4.78 is 5.48. The van der Waals surface area contributed by atoms with Crippen LogP contribution in [0.15, 0.2) is 0 Å². The highest BCUT2D eigenvalue weighted by atomic mass is 16.5. The van der Waals surface area contributed by atoms with E-state index in [4.69, 9.17) is 10.5 Å². The molecule has 0 radical (unpaired) electrons. The van der Waals surface area contributed by atoms with Gasteiger partial charge in [-0.1, -0.05) is 26.7 Å². The molecule has 0 aromatic heterocycles. The van der Waals surface area contributed by atoms with E-state index in [1.807, 2.05) is 4.90 Å². The van der Waals surface area contributed by atoms with Crippen molar-refractivity contribution >= 4 is 5.91 Å². The second kappa shape index (κ2) is 7.67. The predicted molar refractivity (Wildman–Crippen MR) is 68.7 cm³/mol. The van der Waals surface area contributed by atoms with Crippen LogP contribution in [-0.4, -0.2) is 43.2 Å². The largest absolute Gasteiger partial charge is 0.373 e. The molecule has 2 N–H and O–H groups in total. The first-order chi connectivity index (χ1) is 8.22. The summed E-state index contributed by atoms with van der Waals surface area (Å²) in [7, 11) is 0. The SMILES string of the molecule is CCCCC(CC)C(=O)N1CCOC(CN)C1. The van der Waals surface area contributed by atoms with Gasteiger partial charge in [0.25, 0.3) is 0 Å². The van der Waals surface area contributed by atoms with Gasteiger partial charge in [-0.2, -0.15) is 0 Å². The summed E-state index contributed by atoms with van der Waals surface area (Å²) in [6.45, 7) is 6.76. The third kappa shape index (κ3) is 4.28. The number of carbonyl (C=O) groups is 1. The first kappa shape index (κ1) is 14.5. The standard InChI is InChI=1S/C13H26N2O2/c1-3-5-6-11(4-2)13(16)15-7-8-17-12(9-14)10-15/h11-12H,3-10,14H2,1-2H3. The van der Waals surface area contributed by atoms with Crippen LogP contribution < -0.4 is 5.73 Å². The van der Waals surface area contributed by atoms with Gasteiger partial charge in [0.2, 0.25) is 5.91 Å². The Bertz CT molecular complexity index is 233. The van der Waals surface area contributed by atoms with E-state index in [9.17, 15) is 4.79 Å². The lowest BCUT2D eigenvalue weighted by Crippen LogP contribution is -2.49. The van der Waals surface area contributed by atoms with Gasteiger partial charge in [-0.15, -0.1) is 0 Å². The Labute approximate surface area is 104 Å². The van der Waals surface area contributed by atoms with E-state index in [0.29, 0.717) is 25.6 Å². The van der Waals surface area contributed by atoms with Gasteiger partial charge in [0.1, 0.15) is 0 Å².